The number of pyridine rings is 1. The van der Waals surface area contributed by atoms with Gasteiger partial charge in [-0.15, -0.1) is 0 Å². The Morgan fingerprint density at radius 2 is 1.57 bits per heavy atom. The average molecular weight is 295 g/mol. The Morgan fingerprint density at radius 3 is 2.10 bits per heavy atom. The maximum atomic E-state index is 12.4. The predicted molar refractivity (Wildman–Crippen MR) is 74.3 cm³/mol. The molecule has 2 nitrogen and oxygen atoms in total. The van der Waals surface area contributed by atoms with E-state index in [1.54, 1.807) is 0 Å². The Labute approximate surface area is 121 Å². The number of aryl methyl sites for hydroxylation is 2. The van der Waals surface area contributed by atoms with Crippen molar-refractivity contribution >= 4 is 0 Å². The number of nitrogens with zero attached hydrogens (tertiary/aromatic N) is 1. The SMILES string of the molecule is CCOc1ccc(CCc2ccc(C(F)(F)F)nc2)cc1. The molecule has 2 rings (SSSR count). The fourth-order valence-electron chi connectivity index (χ4n) is 1.95. The lowest BCUT2D eigenvalue weighted by atomic mass is 10.1. The highest BCUT2D eigenvalue weighted by molar-refractivity contribution is 5.28. The molecule has 2 aromatic rings. The van der Waals surface area contributed by atoms with E-state index in [2.05, 4.69) is 4.98 Å². The molecule has 112 valence electrons. The van der Waals surface area contributed by atoms with Gasteiger partial charge >= 0.3 is 6.18 Å². The van der Waals surface area contributed by atoms with Gasteiger partial charge in [-0.1, -0.05) is 18.2 Å². The quantitative estimate of drug-likeness (QED) is 0.821. The third-order valence-corrected chi connectivity index (χ3v) is 3.05. The van der Waals surface area contributed by atoms with Crippen LogP contribution in [-0.2, 0) is 19.0 Å². The molecule has 0 fully saturated rings. The Balaban J connectivity index is 1.93. The van der Waals surface area contributed by atoms with E-state index < -0.39 is 11.9 Å². The lowest BCUT2D eigenvalue weighted by Gasteiger charge is -2.07. The molecule has 0 saturated carbocycles. The summed E-state index contributed by atoms with van der Waals surface area (Å²) in [6.45, 7) is 2.54. The molecule has 21 heavy (non-hydrogen) atoms. The van der Waals surface area contributed by atoms with Crippen molar-refractivity contribution < 1.29 is 17.9 Å². The standard InChI is InChI=1S/C16H16F3NO/c1-2-21-14-8-5-12(6-9-14)3-4-13-7-10-15(20-11-13)16(17,18)19/h5-11H,2-4H2,1H3. The fourth-order valence-corrected chi connectivity index (χ4v) is 1.95. The van der Waals surface area contributed by atoms with Crippen LogP contribution in [0.4, 0.5) is 13.2 Å². The summed E-state index contributed by atoms with van der Waals surface area (Å²) in [5.74, 6) is 0.817. The van der Waals surface area contributed by atoms with Gasteiger partial charge in [0, 0.05) is 6.20 Å². The molecule has 0 radical (unpaired) electrons. The highest BCUT2D eigenvalue weighted by Crippen LogP contribution is 2.27. The van der Waals surface area contributed by atoms with Gasteiger partial charge < -0.3 is 4.74 Å². The molecule has 0 spiro atoms. The summed E-state index contributed by atoms with van der Waals surface area (Å²) < 4.78 is 42.5. The number of hydrogen-bond acceptors (Lipinski definition) is 2. The van der Waals surface area contributed by atoms with Crippen molar-refractivity contribution in [2.75, 3.05) is 6.61 Å². The Morgan fingerprint density at radius 1 is 0.952 bits per heavy atom. The first-order valence-corrected chi connectivity index (χ1v) is 6.73. The molecule has 0 atom stereocenters. The zero-order valence-electron chi connectivity index (χ0n) is 11.7. The highest BCUT2D eigenvalue weighted by Gasteiger charge is 2.31. The first-order valence-electron chi connectivity index (χ1n) is 6.73. The van der Waals surface area contributed by atoms with Gasteiger partial charge in [-0.2, -0.15) is 13.2 Å². The molecule has 0 N–H and O–H groups in total. The van der Waals surface area contributed by atoms with Crippen LogP contribution in [0.2, 0.25) is 0 Å². The number of ether oxygens (including phenoxy) is 1. The fraction of sp³-hybridized carbons (Fsp3) is 0.312. The van der Waals surface area contributed by atoms with E-state index in [9.17, 15) is 13.2 Å². The van der Waals surface area contributed by atoms with Gasteiger partial charge in [0.05, 0.1) is 6.61 Å². The van der Waals surface area contributed by atoms with Crippen LogP contribution < -0.4 is 4.74 Å². The molecular weight excluding hydrogens is 279 g/mol. The zero-order valence-corrected chi connectivity index (χ0v) is 11.7. The van der Waals surface area contributed by atoms with E-state index in [0.29, 0.717) is 13.0 Å². The second-order valence-corrected chi connectivity index (χ2v) is 4.63. The van der Waals surface area contributed by atoms with Gasteiger partial charge in [-0.05, 0) is 49.1 Å². The van der Waals surface area contributed by atoms with E-state index >= 15 is 0 Å². The number of aromatic nitrogens is 1. The molecule has 0 aliphatic carbocycles. The largest absolute Gasteiger partial charge is 0.494 e. The highest BCUT2D eigenvalue weighted by atomic mass is 19.4. The molecule has 0 aliphatic rings. The topological polar surface area (TPSA) is 22.1 Å². The lowest BCUT2D eigenvalue weighted by Crippen LogP contribution is -2.07. The van der Waals surface area contributed by atoms with Crippen molar-refractivity contribution in [3.8, 4) is 5.75 Å². The number of rotatable bonds is 5. The van der Waals surface area contributed by atoms with Crippen molar-refractivity contribution in [1.29, 1.82) is 0 Å². The summed E-state index contributed by atoms with van der Waals surface area (Å²) in [6, 6.07) is 10.2. The number of hydrogen-bond donors (Lipinski definition) is 0. The van der Waals surface area contributed by atoms with Gasteiger partial charge in [-0.25, -0.2) is 0 Å². The van der Waals surface area contributed by atoms with E-state index in [4.69, 9.17) is 4.74 Å². The molecule has 5 heteroatoms. The molecule has 1 aromatic carbocycles. The lowest BCUT2D eigenvalue weighted by molar-refractivity contribution is -0.141. The molecular formula is C16H16F3NO. The van der Waals surface area contributed by atoms with Crippen molar-refractivity contribution in [1.82, 2.24) is 4.98 Å². The van der Waals surface area contributed by atoms with Gasteiger partial charge in [0.1, 0.15) is 11.4 Å². The van der Waals surface area contributed by atoms with Gasteiger partial charge in [0.2, 0.25) is 0 Å². The van der Waals surface area contributed by atoms with Crippen molar-refractivity contribution in [2.45, 2.75) is 25.9 Å². The van der Waals surface area contributed by atoms with Crippen molar-refractivity contribution in [2.24, 2.45) is 0 Å². The van der Waals surface area contributed by atoms with Crippen molar-refractivity contribution in [3.63, 3.8) is 0 Å². The Hall–Kier alpha value is -2.04. The summed E-state index contributed by atoms with van der Waals surface area (Å²) >= 11 is 0. The van der Waals surface area contributed by atoms with Crippen LogP contribution in [0, 0.1) is 0 Å². The first kappa shape index (κ1) is 15.4. The molecule has 0 amide bonds. The summed E-state index contributed by atoms with van der Waals surface area (Å²) in [4.78, 5) is 3.46. The smallest absolute Gasteiger partial charge is 0.433 e. The minimum Gasteiger partial charge on any atom is -0.494 e. The van der Waals surface area contributed by atoms with Crippen LogP contribution in [0.15, 0.2) is 42.6 Å². The summed E-state index contributed by atoms with van der Waals surface area (Å²) in [6.07, 6.45) is -1.69. The van der Waals surface area contributed by atoms with Crippen molar-refractivity contribution in [3.05, 3.63) is 59.4 Å². The van der Waals surface area contributed by atoms with Crippen LogP contribution in [0.1, 0.15) is 23.7 Å². The summed E-state index contributed by atoms with van der Waals surface area (Å²) in [5, 5.41) is 0. The van der Waals surface area contributed by atoms with E-state index in [-0.39, 0.29) is 0 Å². The summed E-state index contributed by atoms with van der Waals surface area (Å²) in [5.41, 5.74) is 1.04. The molecule has 1 aromatic heterocycles. The Bertz CT molecular complexity index is 562. The molecule has 1 heterocycles. The molecule has 0 aliphatic heterocycles. The van der Waals surface area contributed by atoms with Crippen LogP contribution in [0.5, 0.6) is 5.75 Å². The molecule has 0 bridgehead atoms. The second kappa shape index (κ2) is 6.61. The molecule has 0 unspecified atom stereocenters. The average Bonchev–Trinajstić information content (AvgIpc) is 2.46. The molecule has 0 saturated heterocycles. The minimum absolute atomic E-state index is 0.622. The normalized spacial score (nSPS) is 11.4. The zero-order chi connectivity index (χ0) is 15.3. The van der Waals surface area contributed by atoms with Crippen LogP contribution in [-0.4, -0.2) is 11.6 Å². The minimum atomic E-state index is -4.38. The number of halogens is 3. The van der Waals surface area contributed by atoms with E-state index in [0.717, 1.165) is 29.4 Å². The number of benzene rings is 1. The van der Waals surface area contributed by atoms with Gasteiger partial charge in [0.25, 0.3) is 0 Å². The third kappa shape index (κ3) is 4.48. The predicted octanol–water partition coefficient (Wildman–Crippen LogP) is 4.28. The summed E-state index contributed by atoms with van der Waals surface area (Å²) in [7, 11) is 0. The maximum Gasteiger partial charge on any atom is 0.433 e. The van der Waals surface area contributed by atoms with Gasteiger partial charge in [0.15, 0.2) is 0 Å². The second-order valence-electron chi connectivity index (χ2n) is 4.63. The van der Waals surface area contributed by atoms with Crippen LogP contribution in [0.25, 0.3) is 0 Å². The first-order chi connectivity index (χ1) is 9.99. The van der Waals surface area contributed by atoms with Gasteiger partial charge in [-0.3, -0.25) is 4.98 Å². The van der Waals surface area contributed by atoms with Crippen LogP contribution >= 0.6 is 0 Å². The number of alkyl halides is 3. The Kier molecular flexibility index (Phi) is 4.83. The van der Waals surface area contributed by atoms with E-state index in [1.165, 1.54) is 12.3 Å². The monoisotopic (exact) mass is 295 g/mol. The third-order valence-electron chi connectivity index (χ3n) is 3.05. The maximum absolute atomic E-state index is 12.4. The van der Waals surface area contributed by atoms with E-state index in [1.807, 2.05) is 31.2 Å². The van der Waals surface area contributed by atoms with Crippen LogP contribution in [0.3, 0.4) is 0 Å².